The van der Waals surface area contributed by atoms with Gasteiger partial charge in [0, 0.05) is 23.6 Å². The second-order valence-corrected chi connectivity index (χ2v) is 11.3. The van der Waals surface area contributed by atoms with Gasteiger partial charge >= 0.3 is 0 Å². The molecule has 0 unspecified atom stereocenters. The standard InChI is InChI=1S/C20H19BrF3N5O3S/c21-10-5-13(23)19(14(24)6-10)16-7-12(22)17-8-25-20(27-29(16)17)26-15-3-4-28(9-18(15)30)33(31,32)11-1-2-11/h5-8,11,15,18,30H,1-4,9H2,(H,26,27)/t15-,18-/m1/s1. The summed E-state index contributed by atoms with van der Waals surface area (Å²) in [4.78, 5) is 4.05. The van der Waals surface area contributed by atoms with E-state index in [1.807, 2.05) is 0 Å². The molecule has 3 aromatic rings. The molecule has 8 nitrogen and oxygen atoms in total. The maximum Gasteiger partial charge on any atom is 0.241 e. The largest absolute Gasteiger partial charge is 0.390 e. The van der Waals surface area contributed by atoms with Crippen molar-refractivity contribution in [1.29, 1.82) is 0 Å². The third-order valence-electron chi connectivity index (χ3n) is 5.90. The number of anilines is 1. The van der Waals surface area contributed by atoms with Gasteiger partial charge in [-0.25, -0.2) is 31.1 Å². The summed E-state index contributed by atoms with van der Waals surface area (Å²) in [6.07, 6.45) is 1.73. The molecule has 2 aliphatic rings. The van der Waals surface area contributed by atoms with Crippen LogP contribution in [0.2, 0.25) is 0 Å². The van der Waals surface area contributed by atoms with Crippen LogP contribution in [0.5, 0.6) is 0 Å². The monoisotopic (exact) mass is 545 g/mol. The van der Waals surface area contributed by atoms with Gasteiger partial charge in [-0.1, -0.05) is 15.9 Å². The Balaban J connectivity index is 1.42. The van der Waals surface area contributed by atoms with Crippen molar-refractivity contribution in [1.82, 2.24) is 18.9 Å². The van der Waals surface area contributed by atoms with Gasteiger partial charge in [0.15, 0.2) is 5.82 Å². The topological polar surface area (TPSA) is 99.8 Å². The number of hydrogen-bond donors (Lipinski definition) is 2. The van der Waals surface area contributed by atoms with Gasteiger partial charge in [-0.3, -0.25) is 0 Å². The van der Waals surface area contributed by atoms with Gasteiger partial charge in [0.2, 0.25) is 16.0 Å². The first-order chi connectivity index (χ1) is 15.6. The SMILES string of the molecule is O=S(=O)(C1CC1)N1CC[C@@H](Nc2ncc3c(F)cc(-c4c(F)cc(Br)cc4F)n3n2)[C@H](O)C1. The van der Waals surface area contributed by atoms with E-state index in [1.165, 1.54) is 10.5 Å². The Hall–Kier alpha value is -2.22. The van der Waals surface area contributed by atoms with Crippen LogP contribution in [-0.4, -0.2) is 62.9 Å². The van der Waals surface area contributed by atoms with E-state index in [0.717, 1.165) is 22.7 Å². The molecular formula is C20H19BrF3N5O3S. The number of piperidine rings is 1. The Morgan fingerprint density at radius 1 is 1.09 bits per heavy atom. The fourth-order valence-electron chi connectivity index (χ4n) is 4.03. The third kappa shape index (κ3) is 4.11. The quantitative estimate of drug-likeness (QED) is 0.511. The molecule has 1 aliphatic heterocycles. The highest BCUT2D eigenvalue weighted by molar-refractivity contribution is 9.10. The number of hydrogen-bond acceptors (Lipinski definition) is 6. The predicted octanol–water partition coefficient (Wildman–Crippen LogP) is 2.92. The summed E-state index contributed by atoms with van der Waals surface area (Å²) in [5.74, 6) is -2.54. The summed E-state index contributed by atoms with van der Waals surface area (Å²) < 4.78 is 70.8. The van der Waals surface area contributed by atoms with Crippen LogP contribution < -0.4 is 5.32 Å². The van der Waals surface area contributed by atoms with Gasteiger partial charge in [0.05, 0.1) is 34.8 Å². The Bertz CT molecular complexity index is 1330. The smallest absolute Gasteiger partial charge is 0.241 e. The van der Waals surface area contributed by atoms with Crippen LogP contribution in [0.1, 0.15) is 19.3 Å². The summed E-state index contributed by atoms with van der Waals surface area (Å²) >= 11 is 3.01. The van der Waals surface area contributed by atoms with Crippen LogP contribution in [0.25, 0.3) is 16.8 Å². The highest BCUT2D eigenvalue weighted by Crippen LogP contribution is 2.33. The lowest BCUT2D eigenvalue weighted by Gasteiger charge is -2.35. The molecule has 5 rings (SSSR count). The van der Waals surface area contributed by atoms with Gasteiger partial charge in [0.1, 0.15) is 17.2 Å². The van der Waals surface area contributed by atoms with Crippen LogP contribution in [0, 0.1) is 17.5 Å². The number of β-amino-alcohol motifs (C(OH)–C–C–N with tert-alkyl or cyclic N) is 1. The average Bonchev–Trinajstić information content (AvgIpc) is 3.55. The zero-order valence-electron chi connectivity index (χ0n) is 17.0. The van der Waals surface area contributed by atoms with E-state index in [-0.39, 0.29) is 40.0 Å². The number of benzene rings is 1. The number of nitrogens with zero attached hydrogens (tertiary/aromatic N) is 4. The molecule has 0 radical (unpaired) electrons. The lowest BCUT2D eigenvalue weighted by molar-refractivity contribution is 0.0946. The normalized spacial score (nSPS) is 22.1. The lowest BCUT2D eigenvalue weighted by Crippen LogP contribution is -2.52. The number of fused-ring (bicyclic) bond motifs is 1. The molecule has 2 atom stereocenters. The number of sulfonamides is 1. The lowest BCUT2D eigenvalue weighted by atomic mass is 10.0. The zero-order chi connectivity index (χ0) is 23.5. The predicted molar refractivity (Wildman–Crippen MR) is 118 cm³/mol. The van der Waals surface area contributed by atoms with Crippen molar-refractivity contribution in [2.45, 2.75) is 36.7 Å². The van der Waals surface area contributed by atoms with E-state index in [4.69, 9.17) is 0 Å². The van der Waals surface area contributed by atoms with Crippen LogP contribution in [0.3, 0.4) is 0 Å². The number of aliphatic hydroxyl groups is 1. The molecule has 33 heavy (non-hydrogen) atoms. The Kier molecular flexibility index (Phi) is 5.62. The Morgan fingerprint density at radius 3 is 2.42 bits per heavy atom. The first-order valence-corrected chi connectivity index (χ1v) is 12.6. The Labute approximate surface area is 195 Å². The van der Waals surface area contributed by atoms with E-state index >= 15 is 0 Å². The minimum Gasteiger partial charge on any atom is -0.390 e. The first-order valence-electron chi connectivity index (χ1n) is 10.3. The fourth-order valence-corrected chi connectivity index (χ4v) is 6.30. The highest BCUT2D eigenvalue weighted by Gasteiger charge is 2.43. The second-order valence-electron chi connectivity index (χ2n) is 8.21. The van der Waals surface area contributed by atoms with E-state index in [9.17, 15) is 26.7 Å². The summed E-state index contributed by atoms with van der Waals surface area (Å²) in [5, 5.41) is 17.3. The molecule has 0 amide bonds. The van der Waals surface area contributed by atoms with Crippen molar-refractivity contribution in [2.75, 3.05) is 18.4 Å². The Morgan fingerprint density at radius 2 is 1.79 bits per heavy atom. The second kappa shape index (κ2) is 8.22. The van der Waals surface area contributed by atoms with Gasteiger partial charge in [-0.2, -0.15) is 4.31 Å². The van der Waals surface area contributed by atoms with Gasteiger partial charge in [-0.15, -0.1) is 5.10 Å². The molecule has 1 saturated carbocycles. The molecule has 0 spiro atoms. The zero-order valence-corrected chi connectivity index (χ0v) is 19.5. The number of nitrogens with one attached hydrogen (secondary N) is 1. The van der Waals surface area contributed by atoms with E-state index in [1.54, 1.807) is 0 Å². The average molecular weight is 546 g/mol. The van der Waals surface area contributed by atoms with Crippen LogP contribution in [-0.2, 0) is 10.0 Å². The maximum atomic E-state index is 14.5. The maximum absolute atomic E-state index is 14.5. The van der Waals surface area contributed by atoms with Crippen LogP contribution in [0.4, 0.5) is 19.1 Å². The summed E-state index contributed by atoms with van der Waals surface area (Å²) in [7, 11) is -3.40. The minimum absolute atomic E-state index is 0.000159. The molecule has 1 saturated heterocycles. The van der Waals surface area contributed by atoms with Crippen molar-refractivity contribution in [3.05, 3.63) is 46.3 Å². The minimum atomic E-state index is -3.40. The van der Waals surface area contributed by atoms with Crippen molar-refractivity contribution in [3.8, 4) is 11.3 Å². The molecule has 2 fully saturated rings. The molecule has 13 heteroatoms. The fraction of sp³-hybridized carbons (Fsp3) is 0.400. The summed E-state index contributed by atoms with van der Waals surface area (Å²) in [6.45, 7) is 0.173. The van der Waals surface area contributed by atoms with Crippen molar-refractivity contribution >= 4 is 37.4 Å². The molecule has 1 aliphatic carbocycles. The molecular weight excluding hydrogens is 527 g/mol. The molecule has 1 aromatic carbocycles. The molecule has 2 aromatic heterocycles. The first kappa shape index (κ1) is 22.6. The van der Waals surface area contributed by atoms with Crippen molar-refractivity contribution in [2.24, 2.45) is 0 Å². The van der Waals surface area contributed by atoms with E-state index < -0.39 is 45.2 Å². The van der Waals surface area contributed by atoms with Crippen molar-refractivity contribution < 1.29 is 26.7 Å². The number of halogens is 4. The number of aromatic nitrogens is 3. The van der Waals surface area contributed by atoms with Gasteiger partial charge in [-0.05, 0) is 31.4 Å². The third-order valence-corrected chi connectivity index (χ3v) is 8.72. The van der Waals surface area contributed by atoms with Crippen molar-refractivity contribution in [3.63, 3.8) is 0 Å². The molecule has 3 heterocycles. The molecule has 2 N–H and O–H groups in total. The van der Waals surface area contributed by atoms with E-state index in [2.05, 4.69) is 31.3 Å². The van der Waals surface area contributed by atoms with Crippen LogP contribution in [0.15, 0.2) is 28.9 Å². The summed E-state index contributed by atoms with van der Waals surface area (Å²) in [6, 6.07) is 2.54. The molecule has 176 valence electrons. The van der Waals surface area contributed by atoms with Gasteiger partial charge < -0.3 is 10.4 Å². The molecule has 0 bridgehead atoms. The summed E-state index contributed by atoms with van der Waals surface area (Å²) in [5.41, 5.74) is -0.662. The van der Waals surface area contributed by atoms with Gasteiger partial charge in [0.25, 0.3) is 0 Å². The van der Waals surface area contributed by atoms with Crippen LogP contribution >= 0.6 is 15.9 Å². The number of aliphatic hydroxyl groups excluding tert-OH is 1. The highest BCUT2D eigenvalue weighted by atomic mass is 79.9. The van der Waals surface area contributed by atoms with E-state index in [0.29, 0.717) is 19.3 Å². The number of rotatable bonds is 5.